The molecule has 0 radical (unpaired) electrons. The van der Waals surface area contributed by atoms with E-state index in [0.717, 1.165) is 38.7 Å². The molecule has 0 N–H and O–H groups in total. The molecule has 1 saturated heterocycles. The molecule has 1 aromatic rings. The second-order valence-corrected chi connectivity index (χ2v) is 8.41. The van der Waals surface area contributed by atoms with E-state index in [0.29, 0.717) is 6.10 Å². The number of epoxide rings is 1. The van der Waals surface area contributed by atoms with E-state index in [1.807, 2.05) is 18.2 Å². The smallest absolute Gasteiger partial charge is 0.371 e. The molecule has 5 heteroatoms. The molecule has 1 unspecified atom stereocenters. The molecule has 1 fully saturated rings. The van der Waals surface area contributed by atoms with Gasteiger partial charge < -0.3 is 18.3 Å². The molecular weight excluding hydrogens is 272 g/mol. The summed E-state index contributed by atoms with van der Waals surface area (Å²) in [5, 5.41) is 1.19. The summed E-state index contributed by atoms with van der Waals surface area (Å²) in [7, 11) is 1.24. The average Bonchev–Trinajstić information content (AvgIpc) is 3.32. The van der Waals surface area contributed by atoms with Gasteiger partial charge in [-0.2, -0.15) is 0 Å². The maximum absolute atomic E-state index is 5.78. The van der Waals surface area contributed by atoms with Crippen LogP contribution in [0.25, 0.3) is 0 Å². The van der Waals surface area contributed by atoms with E-state index in [2.05, 4.69) is 12.1 Å². The zero-order chi connectivity index (χ0) is 14.3. The molecule has 4 nitrogen and oxygen atoms in total. The van der Waals surface area contributed by atoms with Crippen LogP contribution in [-0.2, 0) is 18.3 Å². The third-order valence-electron chi connectivity index (χ3n) is 3.62. The summed E-state index contributed by atoms with van der Waals surface area (Å²) in [6.07, 6.45) is 2.43. The highest BCUT2D eigenvalue weighted by Crippen LogP contribution is 2.16. The molecule has 0 amide bonds. The van der Waals surface area contributed by atoms with Crippen LogP contribution in [0.4, 0.5) is 0 Å². The van der Waals surface area contributed by atoms with Gasteiger partial charge in [0.2, 0.25) is 0 Å². The lowest BCUT2D eigenvalue weighted by atomic mass is 10.3. The fourth-order valence-corrected chi connectivity index (χ4v) is 5.05. The maximum atomic E-state index is 5.78. The van der Waals surface area contributed by atoms with Crippen LogP contribution in [-0.4, -0.2) is 48.7 Å². The average molecular weight is 296 g/mol. The number of benzene rings is 1. The van der Waals surface area contributed by atoms with Crippen molar-refractivity contribution in [1.29, 1.82) is 0 Å². The fraction of sp³-hybridized carbons (Fsp3) is 0.600. The van der Waals surface area contributed by atoms with Gasteiger partial charge in [-0.15, -0.1) is 0 Å². The lowest BCUT2D eigenvalue weighted by Gasteiger charge is -2.27. The second kappa shape index (κ2) is 7.90. The second-order valence-electron chi connectivity index (χ2n) is 5.01. The van der Waals surface area contributed by atoms with Crippen molar-refractivity contribution in [3.63, 3.8) is 0 Å². The summed E-state index contributed by atoms with van der Waals surface area (Å²) in [6.45, 7) is 2.37. The first-order valence-corrected chi connectivity index (χ1v) is 9.18. The van der Waals surface area contributed by atoms with E-state index in [4.69, 9.17) is 18.3 Å². The molecule has 1 aliphatic heterocycles. The fourth-order valence-electron chi connectivity index (χ4n) is 2.30. The molecular formula is C15H24O4Si. The minimum absolute atomic E-state index is 0.353. The Morgan fingerprint density at radius 2 is 1.85 bits per heavy atom. The van der Waals surface area contributed by atoms with E-state index in [1.54, 1.807) is 14.2 Å². The minimum Gasteiger partial charge on any atom is -0.394 e. The summed E-state index contributed by atoms with van der Waals surface area (Å²) in [6, 6.07) is 11.2. The van der Waals surface area contributed by atoms with Crippen LogP contribution in [0.2, 0.25) is 6.04 Å². The maximum Gasteiger partial charge on any atom is 0.371 e. The van der Waals surface area contributed by atoms with Crippen LogP contribution in [0.3, 0.4) is 0 Å². The van der Waals surface area contributed by atoms with Crippen LogP contribution in [0, 0.1) is 0 Å². The summed E-state index contributed by atoms with van der Waals surface area (Å²) in [5.41, 5.74) is 0. The van der Waals surface area contributed by atoms with Crippen molar-refractivity contribution >= 4 is 13.7 Å². The summed E-state index contributed by atoms with van der Waals surface area (Å²) < 4.78 is 22.2. The molecule has 20 heavy (non-hydrogen) atoms. The van der Waals surface area contributed by atoms with Gasteiger partial charge in [0, 0.05) is 20.8 Å². The van der Waals surface area contributed by atoms with Gasteiger partial charge in [-0.3, -0.25) is 0 Å². The molecule has 0 aliphatic carbocycles. The first-order valence-electron chi connectivity index (χ1n) is 7.16. The van der Waals surface area contributed by atoms with Gasteiger partial charge in [0.15, 0.2) is 0 Å². The normalized spacial score (nSPS) is 18.2. The van der Waals surface area contributed by atoms with Gasteiger partial charge in [0.05, 0.1) is 13.2 Å². The Kier molecular flexibility index (Phi) is 6.19. The number of hydrogen-bond acceptors (Lipinski definition) is 4. The molecule has 1 aliphatic rings. The number of hydrogen-bond donors (Lipinski definition) is 0. The van der Waals surface area contributed by atoms with Gasteiger partial charge in [-0.25, -0.2) is 0 Å². The minimum atomic E-state index is -2.27. The first kappa shape index (κ1) is 15.7. The molecule has 1 aromatic carbocycles. The molecule has 2 rings (SSSR count). The number of unbranched alkanes of at least 4 members (excludes halogenated alkanes) is 1. The van der Waals surface area contributed by atoms with E-state index in [1.165, 1.54) is 5.19 Å². The highest BCUT2D eigenvalue weighted by molar-refractivity contribution is 6.81. The van der Waals surface area contributed by atoms with Gasteiger partial charge in [0.1, 0.15) is 6.10 Å². The molecule has 0 saturated carbocycles. The van der Waals surface area contributed by atoms with E-state index in [-0.39, 0.29) is 0 Å². The Morgan fingerprint density at radius 3 is 2.45 bits per heavy atom. The topological polar surface area (TPSA) is 40.2 Å². The highest BCUT2D eigenvalue weighted by atomic mass is 28.4. The van der Waals surface area contributed by atoms with Crippen LogP contribution in [0.1, 0.15) is 12.8 Å². The van der Waals surface area contributed by atoms with Crippen molar-refractivity contribution in [2.24, 2.45) is 0 Å². The highest BCUT2D eigenvalue weighted by Gasteiger charge is 2.37. The van der Waals surface area contributed by atoms with Gasteiger partial charge >= 0.3 is 8.56 Å². The van der Waals surface area contributed by atoms with Crippen LogP contribution >= 0.6 is 0 Å². The Bertz CT molecular complexity index is 377. The lowest BCUT2D eigenvalue weighted by Crippen LogP contribution is -2.52. The Morgan fingerprint density at radius 1 is 1.15 bits per heavy atom. The number of ether oxygens (including phenoxy) is 2. The molecule has 0 spiro atoms. The SMILES string of the molecule is CO[Si](CCCCOCC1CO1)(OC)c1ccccc1. The van der Waals surface area contributed by atoms with Gasteiger partial charge in [-0.1, -0.05) is 30.3 Å². The third kappa shape index (κ3) is 4.39. The Hall–Kier alpha value is -0.723. The van der Waals surface area contributed by atoms with E-state index in [9.17, 15) is 0 Å². The molecule has 1 heterocycles. The predicted octanol–water partition coefficient (Wildman–Crippen LogP) is 1.82. The van der Waals surface area contributed by atoms with Crippen molar-refractivity contribution in [3.05, 3.63) is 30.3 Å². The van der Waals surface area contributed by atoms with Crippen LogP contribution in [0.15, 0.2) is 30.3 Å². The summed E-state index contributed by atoms with van der Waals surface area (Å²) in [4.78, 5) is 0. The summed E-state index contributed by atoms with van der Waals surface area (Å²) in [5.74, 6) is 0. The van der Waals surface area contributed by atoms with Crippen molar-refractivity contribution in [2.45, 2.75) is 25.0 Å². The van der Waals surface area contributed by atoms with Gasteiger partial charge in [-0.05, 0) is 24.1 Å². The Labute approximate surface area is 122 Å². The monoisotopic (exact) mass is 296 g/mol. The summed E-state index contributed by atoms with van der Waals surface area (Å²) >= 11 is 0. The first-order chi connectivity index (χ1) is 9.80. The quantitative estimate of drug-likeness (QED) is 0.375. The van der Waals surface area contributed by atoms with Crippen molar-refractivity contribution in [3.8, 4) is 0 Å². The van der Waals surface area contributed by atoms with Gasteiger partial charge in [0.25, 0.3) is 0 Å². The van der Waals surface area contributed by atoms with Crippen molar-refractivity contribution in [1.82, 2.24) is 0 Å². The van der Waals surface area contributed by atoms with Crippen molar-refractivity contribution < 1.29 is 18.3 Å². The Balaban J connectivity index is 1.76. The molecule has 0 aromatic heterocycles. The zero-order valence-electron chi connectivity index (χ0n) is 12.3. The molecule has 1 atom stereocenters. The standard InChI is InChI=1S/C15H24O4Si/c1-16-20(17-2,15-8-4-3-5-9-15)11-7-6-10-18-12-14-13-19-14/h3-5,8-9,14H,6-7,10-13H2,1-2H3. The number of rotatable bonds is 10. The van der Waals surface area contributed by atoms with E-state index >= 15 is 0 Å². The van der Waals surface area contributed by atoms with Crippen LogP contribution in [0.5, 0.6) is 0 Å². The van der Waals surface area contributed by atoms with E-state index < -0.39 is 8.56 Å². The largest absolute Gasteiger partial charge is 0.394 e. The third-order valence-corrected chi connectivity index (χ3v) is 7.17. The van der Waals surface area contributed by atoms with Crippen molar-refractivity contribution in [2.75, 3.05) is 34.0 Å². The zero-order valence-corrected chi connectivity index (χ0v) is 13.3. The molecule has 0 bridgehead atoms. The molecule has 112 valence electrons. The lowest BCUT2D eigenvalue weighted by molar-refractivity contribution is 0.113. The predicted molar refractivity (Wildman–Crippen MR) is 80.4 cm³/mol. The van der Waals surface area contributed by atoms with Crippen LogP contribution < -0.4 is 5.19 Å².